The second kappa shape index (κ2) is 6.35. The van der Waals surface area contributed by atoms with Crippen LogP contribution in [0.15, 0.2) is 34.1 Å². The average Bonchev–Trinajstić information content (AvgIpc) is 2.77. The van der Waals surface area contributed by atoms with Crippen molar-refractivity contribution >= 4 is 33.2 Å². The first-order chi connectivity index (χ1) is 9.04. The zero-order valence-corrected chi connectivity index (χ0v) is 13.4. The van der Waals surface area contributed by atoms with E-state index in [1.807, 2.05) is 18.2 Å². The van der Waals surface area contributed by atoms with Crippen LogP contribution in [0.3, 0.4) is 0 Å². The molecule has 1 heterocycles. The number of carbonyl (C=O) groups is 1. The summed E-state index contributed by atoms with van der Waals surface area (Å²) < 4.78 is 1.09. The second-order valence-electron chi connectivity index (χ2n) is 4.58. The van der Waals surface area contributed by atoms with Gasteiger partial charge in [-0.2, -0.15) is 0 Å². The summed E-state index contributed by atoms with van der Waals surface area (Å²) >= 11 is 5.06. The van der Waals surface area contributed by atoms with Crippen LogP contribution in [0.2, 0.25) is 0 Å². The number of hydrogen-bond acceptors (Lipinski definition) is 2. The number of aryl methyl sites for hydroxylation is 2. The molecule has 1 aromatic carbocycles. The lowest BCUT2D eigenvalue weighted by atomic mass is 10.0. The number of amides is 1. The monoisotopic (exact) mass is 337 g/mol. The van der Waals surface area contributed by atoms with Crippen LogP contribution in [-0.4, -0.2) is 5.91 Å². The molecule has 0 saturated heterocycles. The lowest BCUT2D eigenvalue weighted by Gasteiger charge is -2.06. The Morgan fingerprint density at radius 2 is 2.00 bits per heavy atom. The van der Waals surface area contributed by atoms with Gasteiger partial charge in [0.1, 0.15) is 0 Å². The minimum atomic E-state index is 0.0628. The number of hydrogen-bond donors (Lipinski definition) is 1. The van der Waals surface area contributed by atoms with Crippen LogP contribution in [0, 0.1) is 13.8 Å². The smallest absolute Gasteiger partial charge is 0.224 e. The molecule has 1 aromatic heterocycles. The Morgan fingerprint density at radius 1 is 1.21 bits per heavy atom. The quantitative estimate of drug-likeness (QED) is 0.897. The van der Waals surface area contributed by atoms with Gasteiger partial charge in [-0.25, -0.2) is 0 Å². The molecular formula is C15H16BrNOS. The molecule has 0 atom stereocenters. The Morgan fingerprint density at radius 3 is 2.63 bits per heavy atom. The summed E-state index contributed by atoms with van der Waals surface area (Å²) in [6.45, 7) is 4.74. The van der Waals surface area contributed by atoms with E-state index in [2.05, 4.69) is 47.2 Å². The van der Waals surface area contributed by atoms with Crippen LogP contribution in [0.1, 0.15) is 21.6 Å². The van der Waals surface area contributed by atoms with E-state index in [1.54, 1.807) is 11.3 Å². The maximum absolute atomic E-state index is 11.9. The molecule has 0 spiro atoms. The Hall–Kier alpha value is -1.13. The van der Waals surface area contributed by atoms with Crippen molar-refractivity contribution in [3.63, 3.8) is 0 Å². The first kappa shape index (κ1) is 14.3. The van der Waals surface area contributed by atoms with Crippen molar-refractivity contribution in [2.24, 2.45) is 0 Å². The lowest BCUT2D eigenvalue weighted by molar-refractivity contribution is -0.120. The number of nitrogens with one attached hydrogen (secondary N) is 1. The Bertz CT molecular complexity index is 592. The third-order valence-corrected chi connectivity index (χ3v) is 4.65. The topological polar surface area (TPSA) is 29.1 Å². The van der Waals surface area contributed by atoms with E-state index in [0.29, 0.717) is 13.0 Å². The van der Waals surface area contributed by atoms with Gasteiger partial charge in [0.2, 0.25) is 5.91 Å². The molecule has 0 aliphatic carbocycles. The van der Waals surface area contributed by atoms with Crippen molar-refractivity contribution in [1.82, 2.24) is 5.32 Å². The van der Waals surface area contributed by atoms with Gasteiger partial charge in [0.15, 0.2) is 0 Å². The van der Waals surface area contributed by atoms with Crippen LogP contribution < -0.4 is 5.32 Å². The predicted molar refractivity (Wildman–Crippen MR) is 83.5 cm³/mol. The first-order valence-corrected chi connectivity index (χ1v) is 7.72. The highest BCUT2D eigenvalue weighted by Crippen LogP contribution is 2.21. The SMILES string of the molecule is Cc1ccc(CC(=O)NCc2ccc(Br)s2)cc1C. The Kier molecular flexibility index (Phi) is 4.77. The predicted octanol–water partition coefficient (Wildman–Crippen LogP) is 3.99. The molecular weight excluding hydrogens is 322 g/mol. The van der Waals surface area contributed by atoms with E-state index in [4.69, 9.17) is 0 Å². The molecule has 0 aliphatic heterocycles. The van der Waals surface area contributed by atoms with E-state index < -0.39 is 0 Å². The fraction of sp³-hybridized carbons (Fsp3) is 0.267. The summed E-state index contributed by atoms with van der Waals surface area (Å²) in [5.41, 5.74) is 3.55. The van der Waals surface area contributed by atoms with Crippen LogP contribution in [-0.2, 0) is 17.8 Å². The van der Waals surface area contributed by atoms with Crippen molar-refractivity contribution < 1.29 is 4.79 Å². The van der Waals surface area contributed by atoms with E-state index in [0.717, 1.165) is 14.2 Å². The largest absolute Gasteiger partial charge is 0.351 e. The van der Waals surface area contributed by atoms with Gasteiger partial charge < -0.3 is 5.32 Å². The molecule has 0 saturated carbocycles. The molecule has 0 radical (unpaired) electrons. The maximum atomic E-state index is 11.9. The molecule has 19 heavy (non-hydrogen) atoms. The van der Waals surface area contributed by atoms with Crippen molar-refractivity contribution in [3.8, 4) is 0 Å². The zero-order valence-electron chi connectivity index (χ0n) is 11.0. The Labute approximate surface area is 126 Å². The summed E-state index contributed by atoms with van der Waals surface area (Å²) in [7, 11) is 0. The molecule has 2 rings (SSSR count). The molecule has 0 unspecified atom stereocenters. The molecule has 1 amide bonds. The minimum Gasteiger partial charge on any atom is -0.351 e. The second-order valence-corrected chi connectivity index (χ2v) is 7.13. The fourth-order valence-corrected chi connectivity index (χ4v) is 3.22. The van der Waals surface area contributed by atoms with Gasteiger partial charge in [0.05, 0.1) is 16.8 Å². The Balaban J connectivity index is 1.88. The van der Waals surface area contributed by atoms with E-state index in [1.165, 1.54) is 11.1 Å². The molecule has 100 valence electrons. The standard InChI is InChI=1S/C15H16BrNOS/c1-10-3-4-12(7-11(10)2)8-15(18)17-9-13-5-6-14(16)19-13/h3-7H,8-9H2,1-2H3,(H,17,18). The summed E-state index contributed by atoms with van der Waals surface area (Å²) in [5, 5.41) is 2.95. The van der Waals surface area contributed by atoms with Gasteiger partial charge in [0.25, 0.3) is 0 Å². The van der Waals surface area contributed by atoms with Crippen LogP contribution in [0.25, 0.3) is 0 Å². The zero-order chi connectivity index (χ0) is 13.8. The van der Waals surface area contributed by atoms with Gasteiger partial charge in [-0.3, -0.25) is 4.79 Å². The number of carbonyl (C=O) groups excluding carboxylic acids is 1. The molecule has 2 nitrogen and oxygen atoms in total. The number of rotatable bonds is 4. The summed E-state index contributed by atoms with van der Waals surface area (Å²) in [6, 6.07) is 10.2. The summed E-state index contributed by atoms with van der Waals surface area (Å²) in [6.07, 6.45) is 0.438. The van der Waals surface area contributed by atoms with Crippen LogP contribution in [0.5, 0.6) is 0 Å². The first-order valence-electron chi connectivity index (χ1n) is 6.11. The third kappa shape index (κ3) is 4.18. The van der Waals surface area contributed by atoms with Gasteiger partial charge in [-0.15, -0.1) is 11.3 Å². The number of thiophene rings is 1. The van der Waals surface area contributed by atoms with Gasteiger partial charge in [0, 0.05) is 4.88 Å². The highest BCUT2D eigenvalue weighted by molar-refractivity contribution is 9.11. The van der Waals surface area contributed by atoms with E-state index in [9.17, 15) is 4.79 Å². The van der Waals surface area contributed by atoms with Crippen molar-refractivity contribution in [2.75, 3.05) is 0 Å². The fourth-order valence-electron chi connectivity index (χ4n) is 1.79. The van der Waals surface area contributed by atoms with Crippen molar-refractivity contribution in [2.45, 2.75) is 26.8 Å². The van der Waals surface area contributed by atoms with Gasteiger partial charge in [-0.05, 0) is 58.6 Å². The van der Waals surface area contributed by atoms with E-state index in [-0.39, 0.29) is 5.91 Å². The van der Waals surface area contributed by atoms with Gasteiger partial charge >= 0.3 is 0 Å². The highest BCUT2D eigenvalue weighted by Gasteiger charge is 2.05. The normalized spacial score (nSPS) is 10.5. The molecule has 0 aliphatic rings. The molecule has 1 N–H and O–H groups in total. The molecule has 2 aromatic rings. The number of halogens is 1. The van der Waals surface area contributed by atoms with E-state index >= 15 is 0 Å². The maximum Gasteiger partial charge on any atom is 0.224 e. The summed E-state index contributed by atoms with van der Waals surface area (Å²) in [5.74, 6) is 0.0628. The highest BCUT2D eigenvalue weighted by atomic mass is 79.9. The van der Waals surface area contributed by atoms with Crippen LogP contribution >= 0.6 is 27.3 Å². The number of benzene rings is 1. The van der Waals surface area contributed by atoms with Gasteiger partial charge in [-0.1, -0.05) is 18.2 Å². The minimum absolute atomic E-state index is 0.0628. The van der Waals surface area contributed by atoms with Crippen LogP contribution in [0.4, 0.5) is 0 Å². The summed E-state index contributed by atoms with van der Waals surface area (Å²) in [4.78, 5) is 13.0. The average molecular weight is 338 g/mol. The van der Waals surface area contributed by atoms with Crippen molar-refractivity contribution in [1.29, 1.82) is 0 Å². The molecule has 0 bridgehead atoms. The molecule has 4 heteroatoms. The lowest BCUT2D eigenvalue weighted by Crippen LogP contribution is -2.24. The third-order valence-electron chi connectivity index (χ3n) is 3.02. The van der Waals surface area contributed by atoms with Crippen molar-refractivity contribution in [3.05, 3.63) is 55.7 Å². The molecule has 0 fully saturated rings.